The largest absolute Gasteiger partial charge is 0.490 e. The Bertz CT molecular complexity index is 372. The fourth-order valence-electron chi connectivity index (χ4n) is 2.20. The standard InChI is InChI=1S/C13H19ClN2O/c1-3-17-12-5-4-7-15-13(12)16-8-6-11(14)10(2)9-16/h4-5,7,10-11H,3,6,8-9H2,1-2H3. The Morgan fingerprint density at radius 3 is 3.12 bits per heavy atom. The molecule has 0 amide bonds. The molecule has 0 N–H and O–H groups in total. The van der Waals surface area contributed by atoms with Crippen LogP contribution in [0.15, 0.2) is 18.3 Å². The van der Waals surface area contributed by atoms with Gasteiger partial charge >= 0.3 is 0 Å². The van der Waals surface area contributed by atoms with Crippen molar-refractivity contribution in [3.8, 4) is 5.75 Å². The van der Waals surface area contributed by atoms with E-state index in [0.29, 0.717) is 12.5 Å². The molecule has 1 saturated heterocycles. The summed E-state index contributed by atoms with van der Waals surface area (Å²) in [5, 5.41) is 0.283. The molecule has 1 aromatic rings. The molecule has 1 aliphatic rings. The van der Waals surface area contributed by atoms with Crippen LogP contribution in [-0.4, -0.2) is 30.1 Å². The van der Waals surface area contributed by atoms with Gasteiger partial charge in [0.15, 0.2) is 11.6 Å². The molecule has 0 aromatic carbocycles. The van der Waals surface area contributed by atoms with Crippen LogP contribution in [0.25, 0.3) is 0 Å². The summed E-state index contributed by atoms with van der Waals surface area (Å²) in [6, 6.07) is 3.88. The van der Waals surface area contributed by atoms with Crippen molar-refractivity contribution < 1.29 is 4.74 Å². The second-order valence-corrected chi connectivity index (χ2v) is 5.05. The van der Waals surface area contributed by atoms with Gasteiger partial charge in [-0.25, -0.2) is 4.98 Å². The van der Waals surface area contributed by atoms with Gasteiger partial charge in [-0.3, -0.25) is 0 Å². The Balaban J connectivity index is 2.16. The number of halogens is 1. The summed E-state index contributed by atoms with van der Waals surface area (Å²) in [6.07, 6.45) is 2.82. The van der Waals surface area contributed by atoms with Crippen molar-refractivity contribution in [2.45, 2.75) is 25.6 Å². The number of nitrogens with zero attached hydrogens (tertiary/aromatic N) is 2. The van der Waals surface area contributed by atoms with Gasteiger partial charge in [0.2, 0.25) is 0 Å². The first-order valence-electron chi connectivity index (χ1n) is 6.19. The maximum atomic E-state index is 6.24. The fourth-order valence-corrected chi connectivity index (χ4v) is 2.37. The molecule has 0 radical (unpaired) electrons. The highest BCUT2D eigenvalue weighted by Gasteiger charge is 2.26. The summed E-state index contributed by atoms with van der Waals surface area (Å²) >= 11 is 6.24. The second-order valence-electron chi connectivity index (χ2n) is 4.49. The lowest BCUT2D eigenvalue weighted by molar-refractivity contribution is 0.336. The van der Waals surface area contributed by atoms with E-state index in [-0.39, 0.29) is 5.38 Å². The van der Waals surface area contributed by atoms with E-state index in [0.717, 1.165) is 31.1 Å². The van der Waals surface area contributed by atoms with Crippen LogP contribution in [0, 0.1) is 5.92 Å². The second kappa shape index (κ2) is 5.58. The van der Waals surface area contributed by atoms with Crippen LogP contribution in [0.5, 0.6) is 5.75 Å². The van der Waals surface area contributed by atoms with E-state index in [1.54, 1.807) is 0 Å². The van der Waals surface area contributed by atoms with Gasteiger partial charge in [-0.1, -0.05) is 6.92 Å². The smallest absolute Gasteiger partial charge is 0.171 e. The fraction of sp³-hybridized carbons (Fsp3) is 0.615. The predicted octanol–water partition coefficient (Wildman–Crippen LogP) is 2.93. The van der Waals surface area contributed by atoms with Crippen LogP contribution >= 0.6 is 11.6 Å². The van der Waals surface area contributed by atoms with E-state index in [1.807, 2.05) is 25.3 Å². The molecule has 2 rings (SSSR count). The lowest BCUT2D eigenvalue weighted by Crippen LogP contribution is -2.40. The molecule has 2 atom stereocenters. The molecule has 2 unspecified atom stereocenters. The molecule has 17 heavy (non-hydrogen) atoms. The van der Waals surface area contributed by atoms with E-state index in [1.165, 1.54) is 0 Å². The third-order valence-electron chi connectivity index (χ3n) is 3.15. The highest BCUT2D eigenvalue weighted by molar-refractivity contribution is 6.20. The number of anilines is 1. The van der Waals surface area contributed by atoms with Crippen LogP contribution in [0.1, 0.15) is 20.3 Å². The van der Waals surface area contributed by atoms with Crippen molar-refractivity contribution >= 4 is 17.4 Å². The van der Waals surface area contributed by atoms with Crippen molar-refractivity contribution in [1.29, 1.82) is 0 Å². The third kappa shape index (κ3) is 2.83. The Hall–Kier alpha value is -0.960. The average Bonchev–Trinajstić information content (AvgIpc) is 2.34. The average molecular weight is 255 g/mol. The van der Waals surface area contributed by atoms with Gasteiger partial charge in [-0.2, -0.15) is 0 Å². The molecule has 1 aromatic heterocycles. The van der Waals surface area contributed by atoms with Gasteiger partial charge in [0, 0.05) is 24.7 Å². The molecule has 94 valence electrons. The van der Waals surface area contributed by atoms with E-state index < -0.39 is 0 Å². The van der Waals surface area contributed by atoms with E-state index in [9.17, 15) is 0 Å². The molecule has 0 aliphatic carbocycles. The Morgan fingerprint density at radius 2 is 2.41 bits per heavy atom. The zero-order chi connectivity index (χ0) is 12.3. The predicted molar refractivity (Wildman–Crippen MR) is 71.0 cm³/mol. The molecule has 0 spiro atoms. The SMILES string of the molecule is CCOc1cccnc1N1CCC(Cl)C(C)C1. The molecule has 1 aliphatic heterocycles. The lowest BCUT2D eigenvalue weighted by Gasteiger charge is -2.35. The summed E-state index contributed by atoms with van der Waals surface area (Å²) in [7, 11) is 0. The third-order valence-corrected chi connectivity index (χ3v) is 3.80. The Labute approximate surface area is 108 Å². The zero-order valence-corrected chi connectivity index (χ0v) is 11.2. The summed E-state index contributed by atoms with van der Waals surface area (Å²) in [4.78, 5) is 6.71. The number of piperidine rings is 1. The summed E-state index contributed by atoms with van der Waals surface area (Å²) in [5.74, 6) is 2.31. The van der Waals surface area contributed by atoms with Crippen molar-refractivity contribution in [2.75, 3.05) is 24.6 Å². The number of alkyl halides is 1. The van der Waals surface area contributed by atoms with Gasteiger partial charge in [-0.15, -0.1) is 11.6 Å². The monoisotopic (exact) mass is 254 g/mol. The number of pyridine rings is 1. The molecule has 2 heterocycles. The normalized spacial score (nSPS) is 24.8. The first kappa shape index (κ1) is 12.5. The maximum Gasteiger partial charge on any atom is 0.171 e. The number of hydrogen-bond donors (Lipinski definition) is 0. The van der Waals surface area contributed by atoms with Gasteiger partial charge in [0.1, 0.15) is 0 Å². The van der Waals surface area contributed by atoms with Crippen LogP contribution in [0.3, 0.4) is 0 Å². The quantitative estimate of drug-likeness (QED) is 0.776. The number of hydrogen-bond acceptors (Lipinski definition) is 3. The van der Waals surface area contributed by atoms with Gasteiger partial charge < -0.3 is 9.64 Å². The topological polar surface area (TPSA) is 25.4 Å². The first-order valence-corrected chi connectivity index (χ1v) is 6.62. The minimum atomic E-state index is 0.283. The number of ether oxygens (including phenoxy) is 1. The zero-order valence-electron chi connectivity index (χ0n) is 10.4. The van der Waals surface area contributed by atoms with E-state index in [2.05, 4.69) is 16.8 Å². The van der Waals surface area contributed by atoms with Gasteiger partial charge in [-0.05, 0) is 31.4 Å². The van der Waals surface area contributed by atoms with E-state index >= 15 is 0 Å². The van der Waals surface area contributed by atoms with E-state index in [4.69, 9.17) is 16.3 Å². The maximum absolute atomic E-state index is 6.24. The minimum Gasteiger partial charge on any atom is -0.490 e. The number of rotatable bonds is 3. The molecular weight excluding hydrogens is 236 g/mol. The molecule has 0 bridgehead atoms. The summed E-state index contributed by atoms with van der Waals surface area (Å²) < 4.78 is 5.62. The van der Waals surface area contributed by atoms with Crippen LogP contribution in [-0.2, 0) is 0 Å². The molecule has 4 heteroatoms. The summed E-state index contributed by atoms with van der Waals surface area (Å²) in [6.45, 7) is 6.75. The number of aromatic nitrogens is 1. The van der Waals surface area contributed by atoms with Gasteiger partial charge in [0.05, 0.1) is 6.61 Å². The van der Waals surface area contributed by atoms with Crippen LogP contribution in [0.4, 0.5) is 5.82 Å². The lowest BCUT2D eigenvalue weighted by atomic mass is 9.99. The van der Waals surface area contributed by atoms with Crippen molar-refractivity contribution in [3.63, 3.8) is 0 Å². The summed E-state index contributed by atoms with van der Waals surface area (Å²) in [5.41, 5.74) is 0. The molecular formula is C13H19ClN2O. The van der Waals surface area contributed by atoms with Crippen molar-refractivity contribution in [1.82, 2.24) is 4.98 Å². The van der Waals surface area contributed by atoms with Crippen LogP contribution in [0.2, 0.25) is 0 Å². The highest BCUT2D eigenvalue weighted by atomic mass is 35.5. The van der Waals surface area contributed by atoms with Crippen molar-refractivity contribution in [2.24, 2.45) is 5.92 Å². The van der Waals surface area contributed by atoms with Crippen LogP contribution < -0.4 is 9.64 Å². The van der Waals surface area contributed by atoms with Crippen molar-refractivity contribution in [3.05, 3.63) is 18.3 Å². The Kier molecular flexibility index (Phi) is 4.11. The molecule has 3 nitrogen and oxygen atoms in total. The highest BCUT2D eigenvalue weighted by Crippen LogP contribution is 2.30. The first-order chi connectivity index (χ1) is 8.22. The molecule has 1 fully saturated rings. The minimum absolute atomic E-state index is 0.283. The molecule has 0 saturated carbocycles. The Morgan fingerprint density at radius 1 is 1.59 bits per heavy atom. The van der Waals surface area contributed by atoms with Gasteiger partial charge in [0.25, 0.3) is 0 Å².